The van der Waals surface area contributed by atoms with E-state index in [1.807, 2.05) is 43.3 Å². The Morgan fingerprint density at radius 3 is 2.75 bits per heavy atom. The first-order valence-electron chi connectivity index (χ1n) is 8.37. The number of nitrogens with one attached hydrogen (secondary N) is 1. The number of hydrogen-bond donors (Lipinski definition) is 1. The maximum absolute atomic E-state index is 12.0. The van der Waals surface area contributed by atoms with Crippen molar-refractivity contribution < 1.29 is 9.21 Å². The normalized spacial score (nSPS) is 10.9. The van der Waals surface area contributed by atoms with Crippen LogP contribution in [0.4, 0.5) is 0 Å². The zero-order chi connectivity index (χ0) is 16.8. The van der Waals surface area contributed by atoms with Crippen molar-refractivity contribution in [3.8, 4) is 0 Å². The maximum Gasteiger partial charge on any atom is 0.220 e. The summed E-state index contributed by atoms with van der Waals surface area (Å²) >= 11 is 0. The fraction of sp³-hybridized carbons (Fsp3) is 0.300. The summed E-state index contributed by atoms with van der Waals surface area (Å²) < 4.78 is 5.46. The van der Waals surface area contributed by atoms with E-state index in [2.05, 4.69) is 22.4 Å². The third kappa shape index (κ3) is 4.44. The number of fused-ring (bicyclic) bond motifs is 1. The monoisotopic (exact) mass is 322 g/mol. The fourth-order valence-corrected chi connectivity index (χ4v) is 2.75. The van der Waals surface area contributed by atoms with Crippen LogP contribution >= 0.6 is 0 Å². The first-order chi connectivity index (χ1) is 11.7. The highest BCUT2D eigenvalue weighted by molar-refractivity contribution is 5.77. The molecule has 24 heavy (non-hydrogen) atoms. The van der Waals surface area contributed by atoms with Crippen molar-refractivity contribution in [1.82, 2.24) is 10.3 Å². The molecule has 0 aliphatic carbocycles. The van der Waals surface area contributed by atoms with E-state index in [1.54, 1.807) is 0 Å². The number of amides is 1. The Hall–Kier alpha value is -2.62. The van der Waals surface area contributed by atoms with Crippen molar-refractivity contribution >= 4 is 17.0 Å². The zero-order valence-corrected chi connectivity index (χ0v) is 13.9. The van der Waals surface area contributed by atoms with Gasteiger partial charge in [-0.1, -0.05) is 36.4 Å². The molecule has 0 unspecified atom stereocenters. The molecule has 0 fully saturated rings. The molecule has 0 bridgehead atoms. The van der Waals surface area contributed by atoms with Crippen molar-refractivity contribution in [2.75, 3.05) is 6.54 Å². The molecule has 1 heterocycles. The predicted molar refractivity (Wildman–Crippen MR) is 94.8 cm³/mol. The van der Waals surface area contributed by atoms with Gasteiger partial charge in [0.05, 0.1) is 0 Å². The molecule has 0 saturated carbocycles. The predicted octanol–water partition coefficient (Wildman–Crippen LogP) is 3.82. The van der Waals surface area contributed by atoms with Crippen LogP contribution in [0.15, 0.2) is 52.9 Å². The van der Waals surface area contributed by atoms with Gasteiger partial charge in [-0.3, -0.25) is 4.79 Å². The lowest BCUT2D eigenvalue weighted by Crippen LogP contribution is -2.24. The van der Waals surface area contributed by atoms with Gasteiger partial charge in [0.2, 0.25) is 5.91 Å². The van der Waals surface area contributed by atoms with E-state index in [0.717, 1.165) is 36.0 Å². The first-order valence-corrected chi connectivity index (χ1v) is 8.37. The Kier molecular flexibility index (Phi) is 5.26. The topological polar surface area (TPSA) is 55.1 Å². The molecule has 0 spiro atoms. The number of oxazole rings is 1. The summed E-state index contributed by atoms with van der Waals surface area (Å²) in [6.07, 6.45) is 3.16. The lowest BCUT2D eigenvalue weighted by molar-refractivity contribution is -0.121. The van der Waals surface area contributed by atoms with E-state index in [-0.39, 0.29) is 5.91 Å². The molecule has 4 heteroatoms. The lowest BCUT2D eigenvalue weighted by Gasteiger charge is -2.05. The number of carbonyl (C=O) groups is 1. The Bertz CT molecular complexity index is 809. The number of aromatic nitrogens is 1. The Morgan fingerprint density at radius 2 is 1.92 bits per heavy atom. The van der Waals surface area contributed by atoms with Gasteiger partial charge in [0.15, 0.2) is 11.5 Å². The summed E-state index contributed by atoms with van der Waals surface area (Å²) in [6.45, 7) is 2.55. The van der Waals surface area contributed by atoms with Gasteiger partial charge < -0.3 is 9.73 Å². The van der Waals surface area contributed by atoms with Gasteiger partial charge in [0.1, 0.15) is 5.52 Å². The second-order valence-electron chi connectivity index (χ2n) is 5.97. The highest BCUT2D eigenvalue weighted by Crippen LogP contribution is 2.17. The lowest BCUT2D eigenvalue weighted by atomic mass is 10.1. The van der Waals surface area contributed by atoms with E-state index < -0.39 is 0 Å². The minimum Gasteiger partial charge on any atom is -0.441 e. The van der Waals surface area contributed by atoms with Gasteiger partial charge in [-0.05, 0) is 42.5 Å². The van der Waals surface area contributed by atoms with Gasteiger partial charge in [-0.2, -0.15) is 0 Å². The molecule has 3 rings (SSSR count). The largest absolute Gasteiger partial charge is 0.441 e. The molecule has 0 saturated heterocycles. The van der Waals surface area contributed by atoms with Gasteiger partial charge in [0.25, 0.3) is 0 Å². The minimum atomic E-state index is 0.0968. The second kappa shape index (κ2) is 7.77. The molecule has 1 amide bonds. The van der Waals surface area contributed by atoms with E-state index in [0.29, 0.717) is 18.7 Å². The van der Waals surface area contributed by atoms with Crippen LogP contribution in [0.3, 0.4) is 0 Å². The van der Waals surface area contributed by atoms with Crippen LogP contribution in [-0.4, -0.2) is 17.4 Å². The molecule has 124 valence electrons. The number of nitrogens with zero attached hydrogens (tertiary/aromatic N) is 1. The molecule has 0 atom stereocenters. The van der Waals surface area contributed by atoms with Crippen molar-refractivity contribution in [3.05, 3.63) is 65.5 Å². The second-order valence-corrected chi connectivity index (χ2v) is 5.97. The summed E-state index contributed by atoms with van der Waals surface area (Å²) in [5.41, 5.74) is 4.06. The van der Waals surface area contributed by atoms with E-state index >= 15 is 0 Å². The van der Waals surface area contributed by atoms with Crippen LogP contribution < -0.4 is 5.32 Å². The number of carbonyl (C=O) groups excluding carboxylic acids is 1. The Morgan fingerprint density at radius 1 is 1.08 bits per heavy atom. The molecule has 4 nitrogen and oxygen atoms in total. The summed E-state index contributed by atoms with van der Waals surface area (Å²) in [5, 5.41) is 2.99. The summed E-state index contributed by atoms with van der Waals surface area (Å²) in [7, 11) is 0. The van der Waals surface area contributed by atoms with Crippen LogP contribution in [0, 0.1) is 6.92 Å². The molecular formula is C20H22N2O2. The average molecular weight is 322 g/mol. The van der Waals surface area contributed by atoms with Crippen LogP contribution in [0.5, 0.6) is 0 Å². The van der Waals surface area contributed by atoms with Crippen molar-refractivity contribution in [1.29, 1.82) is 0 Å². The highest BCUT2D eigenvalue weighted by Gasteiger charge is 2.06. The average Bonchev–Trinajstić information content (AvgIpc) is 2.97. The molecule has 0 aliphatic rings. The molecule has 1 aromatic heterocycles. The molecule has 0 aliphatic heterocycles. The van der Waals surface area contributed by atoms with Crippen LogP contribution in [0.25, 0.3) is 11.1 Å². The molecule has 3 aromatic rings. The van der Waals surface area contributed by atoms with Gasteiger partial charge >= 0.3 is 0 Å². The Balaban J connectivity index is 1.40. The first kappa shape index (κ1) is 16.2. The standard InChI is InChI=1S/C20H22N2O2/c1-15-22-18-14-17(9-11-19(18)24-15)10-12-20(23)21-13-5-8-16-6-3-2-4-7-16/h2-4,6-7,9,11,14H,5,8,10,12-13H2,1H3,(H,21,23). The fourth-order valence-electron chi connectivity index (χ4n) is 2.75. The van der Waals surface area contributed by atoms with Crippen LogP contribution in [-0.2, 0) is 17.6 Å². The quantitative estimate of drug-likeness (QED) is 0.673. The van der Waals surface area contributed by atoms with Crippen LogP contribution in [0.2, 0.25) is 0 Å². The molecular weight excluding hydrogens is 300 g/mol. The maximum atomic E-state index is 12.0. The van der Waals surface area contributed by atoms with Crippen LogP contribution in [0.1, 0.15) is 29.9 Å². The van der Waals surface area contributed by atoms with Crippen molar-refractivity contribution in [2.45, 2.75) is 32.6 Å². The molecule has 2 aromatic carbocycles. The van der Waals surface area contributed by atoms with E-state index in [1.165, 1.54) is 5.56 Å². The Labute approximate surface area is 141 Å². The van der Waals surface area contributed by atoms with E-state index in [9.17, 15) is 4.79 Å². The zero-order valence-electron chi connectivity index (χ0n) is 13.9. The number of benzene rings is 2. The summed E-state index contributed by atoms with van der Waals surface area (Å²) in [4.78, 5) is 16.3. The third-order valence-corrected chi connectivity index (χ3v) is 4.01. The molecule has 0 radical (unpaired) electrons. The van der Waals surface area contributed by atoms with Gasteiger partial charge in [-0.15, -0.1) is 0 Å². The van der Waals surface area contributed by atoms with E-state index in [4.69, 9.17) is 4.42 Å². The van der Waals surface area contributed by atoms with Crippen molar-refractivity contribution in [2.24, 2.45) is 0 Å². The molecule has 1 N–H and O–H groups in total. The highest BCUT2D eigenvalue weighted by atomic mass is 16.3. The number of aryl methyl sites for hydroxylation is 3. The number of hydrogen-bond acceptors (Lipinski definition) is 3. The summed E-state index contributed by atoms with van der Waals surface area (Å²) in [6, 6.07) is 16.2. The minimum absolute atomic E-state index is 0.0968. The van der Waals surface area contributed by atoms with Gasteiger partial charge in [0, 0.05) is 19.9 Å². The smallest absolute Gasteiger partial charge is 0.220 e. The van der Waals surface area contributed by atoms with Crippen molar-refractivity contribution in [3.63, 3.8) is 0 Å². The third-order valence-electron chi connectivity index (χ3n) is 4.01. The van der Waals surface area contributed by atoms with Gasteiger partial charge in [-0.25, -0.2) is 4.98 Å². The number of rotatable bonds is 7. The summed E-state index contributed by atoms with van der Waals surface area (Å²) in [5.74, 6) is 0.762. The SMILES string of the molecule is Cc1nc2cc(CCC(=O)NCCCc3ccccc3)ccc2o1.